The average Bonchev–Trinajstić information content (AvgIpc) is 3.33. The second-order valence-corrected chi connectivity index (χ2v) is 9.51. The summed E-state index contributed by atoms with van der Waals surface area (Å²) in [6.45, 7) is 4.26. The van der Waals surface area contributed by atoms with Crippen LogP contribution in [0, 0.1) is 5.92 Å². The Morgan fingerprint density at radius 3 is 2.77 bits per heavy atom. The number of piperidine rings is 1. The molecular weight excluding hydrogens is 468 g/mol. The van der Waals surface area contributed by atoms with Crippen molar-refractivity contribution in [3.63, 3.8) is 0 Å². The van der Waals surface area contributed by atoms with Gasteiger partial charge < -0.3 is 20.3 Å². The number of fused-ring (bicyclic) bond motifs is 1. The summed E-state index contributed by atoms with van der Waals surface area (Å²) in [5.74, 6) is 0.431. The fraction of sp³-hybridized carbons (Fsp3) is 0.458. The Morgan fingerprint density at radius 2 is 2.03 bits per heavy atom. The van der Waals surface area contributed by atoms with E-state index < -0.39 is 0 Å². The van der Waals surface area contributed by atoms with E-state index in [4.69, 9.17) is 4.74 Å². The molecule has 0 radical (unpaired) electrons. The summed E-state index contributed by atoms with van der Waals surface area (Å²) in [6, 6.07) is 7.40. The van der Waals surface area contributed by atoms with Crippen LogP contribution >= 0.6 is 11.3 Å². The third-order valence-electron chi connectivity index (χ3n) is 5.95. The van der Waals surface area contributed by atoms with Gasteiger partial charge in [-0.3, -0.25) is 19.0 Å². The molecule has 0 aliphatic carbocycles. The molecule has 2 N–H and O–H groups in total. The average molecular weight is 499 g/mol. The van der Waals surface area contributed by atoms with Gasteiger partial charge in [-0.15, -0.1) is 0 Å². The molecule has 4 rings (SSSR count). The highest BCUT2D eigenvalue weighted by Gasteiger charge is 2.27. The van der Waals surface area contributed by atoms with Crippen molar-refractivity contribution in [3.8, 4) is 5.75 Å². The van der Waals surface area contributed by atoms with Crippen LogP contribution in [0.5, 0.6) is 5.75 Å². The predicted octanol–water partition coefficient (Wildman–Crippen LogP) is 1.92. The molecule has 10 nitrogen and oxygen atoms in total. The van der Waals surface area contributed by atoms with Crippen molar-refractivity contribution in [3.05, 3.63) is 46.5 Å². The largest absolute Gasteiger partial charge is 0.497 e. The summed E-state index contributed by atoms with van der Waals surface area (Å²) < 4.78 is 6.84. The van der Waals surface area contributed by atoms with E-state index in [-0.39, 0.29) is 29.8 Å². The number of carbonyl (C=O) groups is 2. The van der Waals surface area contributed by atoms with E-state index in [1.807, 2.05) is 31.2 Å². The van der Waals surface area contributed by atoms with Gasteiger partial charge in [0.2, 0.25) is 11.8 Å². The maximum atomic E-state index is 13.0. The first-order valence-electron chi connectivity index (χ1n) is 11.8. The van der Waals surface area contributed by atoms with E-state index in [1.54, 1.807) is 7.11 Å². The Morgan fingerprint density at radius 1 is 1.23 bits per heavy atom. The number of anilines is 1. The summed E-state index contributed by atoms with van der Waals surface area (Å²) in [6.07, 6.45) is 3.98. The van der Waals surface area contributed by atoms with Crippen LogP contribution in [0.2, 0.25) is 0 Å². The molecule has 0 bridgehead atoms. The summed E-state index contributed by atoms with van der Waals surface area (Å²) in [7, 11) is 1.60. The van der Waals surface area contributed by atoms with Crippen LogP contribution in [0.3, 0.4) is 0 Å². The SMILES string of the molecule is CCCNC(=O)C1CCCN(c2nc3ncn(CC(=O)NCc4ccc(OC)cc4)c(=O)c3s2)C1. The Hall–Kier alpha value is -3.47. The normalized spacial score (nSPS) is 15.7. The molecule has 0 spiro atoms. The number of carbonyl (C=O) groups excluding carboxylic acids is 2. The molecule has 0 saturated carbocycles. The number of amides is 2. The number of methoxy groups -OCH3 is 1. The lowest BCUT2D eigenvalue weighted by Crippen LogP contribution is -2.43. The molecule has 1 aliphatic heterocycles. The summed E-state index contributed by atoms with van der Waals surface area (Å²) in [5.41, 5.74) is 0.991. The van der Waals surface area contributed by atoms with Gasteiger partial charge in [0, 0.05) is 26.2 Å². The van der Waals surface area contributed by atoms with Crippen molar-refractivity contribution >= 4 is 38.6 Å². The molecule has 1 saturated heterocycles. The Bertz CT molecular complexity index is 1240. The van der Waals surface area contributed by atoms with Gasteiger partial charge in [0.15, 0.2) is 10.8 Å². The Balaban J connectivity index is 1.41. The van der Waals surface area contributed by atoms with Gasteiger partial charge in [0.25, 0.3) is 5.56 Å². The van der Waals surface area contributed by atoms with Gasteiger partial charge in [0.05, 0.1) is 13.0 Å². The first kappa shape index (κ1) is 24.6. The van der Waals surface area contributed by atoms with E-state index in [1.165, 1.54) is 22.2 Å². The van der Waals surface area contributed by atoms with Gasteiger partial charge >= 0.3 is 0 Å². The quantitative estimate of drug-likeness (QED) is 0.463. The highest BCUT2D eigenvalue weighted by Crippen LogP contribution is 2.29. The molecule has 1 aliphatic rings. The third kappa shape index (κ3) is 5.97. The molecule has 1 atom stereocenters. The van der Waals surface area contributed by atoms with Crippen molar-refractivity contribution in [2.75, 3.05) is 31.6 Å². The monoisotopic (exact) mass is 498 g/mol. The summed E-state index contributed by atoms with van der Waals surface area (Å²) in [5, 5.41) is 6.47. The maximum Gasteiger partial charge on any atom is 0.273 e. The molecule has 1 unspecified atom stereocenters. The van der Waals surface area contributed by atoms with Crippen LogP contribution in [0.4, 0.5) is 5.13 Å². The molecule has 1 aromatic carbocycles. The van der Waals surface area contributed by atoms with Crippen molar-refractivity contribution in [1.82, 2.24) is 25.2 Å². The second kappa shape index (κ2) is 11.3. The molecule has 3 heterocycles. The minimum absolute atomic E-state index is 0.0683. The van der Waals surface area contributed by atoms with Crippen LogP contribution in [0.15, 0.2) is 35.4 Å². The topological polar surface area (TPSA) is 118 Å². The molecule has 1 fully saturated rings. The number of benzene rings is 1. The number of aromatic nitrogens is 3. The Labute approximate surface area is 207 Å². The molecule has 2 aromatic heterocycles. The van der Waals surface area contributed by atoms with Gasteiger partial charge in [-0.1, -0.05) is 30.4 Å². The molecule has 35 heavy (non-hydrogen) atoms. The molecule has 186 valence electrons. The number of nitrogens with zero attached hydrogens (tertiary/aromatic N) is 4. The van der Waals surface area contributed by atoms with E-state index in [0.717, 1.165) is 37.1 Å². The lowest BCUT2D eigenvalue weighted by atomic mass is 9.97. The Kier molecular flexibility index (Phi) is 7.96. The van der Waals surface area contributed by atoms with Gasteiger partial charge in [0.1, 0.15) is 23.3 Å². The van der Waals surface area contributed by atoms with Crippen LogP contribution in [-0.2, 0) is 22.7 Å². The predicted molar refractivity (Wildman–Crippen MR) is 135 cm³/mol. The summed E-state index contributed by atoms with van der Waals surface area (Å²) in [4.78, 5) is 48.8. The van der Waals surface area contributed by atoms with Gasteiger partial charge in [-0.05, 0) is 37.0 Å². The van der Waals surface area contributed by atoms with Crippen LogP contribution in [0.25, 0.3) is 10.3 Å². The highest BCUT2D eigenvalue weighted by atomic mass is 32.1. The van der Waals surface area contributed by atoms with E-state index in [2.05, 4.69) is 25.5 Å². The zero-order valence-corrected chi connectivity index (χ0v) is 20.8. The van der Waals surface area contributed by atoms with Gasteiger partial charge in [-0.2, -0.15) is 4.98 Å². The fourth-order valence-corrected chi connectivity index (χ4v) is 5.00. The first-order valence-corrected chi connectivity index (χ1v) is 12.6. The summed E-state index contributed by atoms with van der Waals surface area (Å²) >= 11 is 1.26. The first-order chi connectivity index (χ1) is 17.0. The fourth-order valence-electron chi connectivity index (χ4n) is 4.00. The number of hydrogen-bond donors (Lipinski definition) is 2. The van der Waals surface area contributed by atoms with Crippen molar-refractivity contribution in [2.45, 2.75) is 39.3 Å². The molecular formula is C24H30N6O4S. The lowest BCUT2D eigenvalue weighted by molar-refractivity contribution is -0.125. The van der Waals surface area contributed by atoms with Crippen LogP contribution < -0.4 is 25.8 Å². The molecule has 11 heteroatoms. The zero-order valence-electron chi connectivity index (χ0n) is 20.0. The number of hydrogen-bond acceptors (Lipinski definition) is 8. The number of thiazole rings is 1. The minimum Gasteiger partial charge on any atom is -0.497 e. The minimum atomic E-state index is -0.299. The number of rotatable bonds is 9. The van der Waals surface area contributed by atoms with Crippen LogP contribution in [-0.4, -0.2) is 53.1 Å². The standard InChI is InChI=1S/C24H30N6O4S/c1-3-10-25-22(32)17-5-4-11-29(13-17)24-28-21-20(35-24)23(33)30(15-27-21)14-19(31)26-12-16-6-8-18(34-2)9-7-16/h6-9,15,17H,3-5,10-14H2,1-2H3,(H,25,32)(H,26,31). The van der Waals surface area contributed by atoms with E-state index in [0.29, 0.717) is 35.1 Å². The molecule has 3 aromatic rings. The number of ether oxygens (including phenoxy) is 1. The second-order valence-electron chi connectivity index (χ2n) is 8.53. The van der Waals surface area contributed by atoms with E-state index >= 15 is 0 Å². The lowest BCUT2D eigenvalue weighted by Gasteiger charge is -2.31. The zero-order chi connectivity index (χ0) is 24.8. The molecule has 2 amide bonds. The van der Waals surface area contributed by atoms with Gasteiger partial charge in [-0.25, -0.2) is 4.98 Å². The maximum absolute atomic E-state index is 13.0. The highest BCUT2D eigenvalue weighted by molar-refractivity contribution is 7.22. The smallest absolute Gasteiger partial charge is 0.273 e. The van der Waals surface area contributed by atoms with Crippen molar-refractivity contribution in [1.29, 1.82) is 0 Å². The third-order valence-corrected chi connectivity index (χ3v) is 7.04. The van der Waals surface area contributed by atoms with Crippen molar-refractivity contribution < 1.29 is 14.3 Å². The number of nitrogens with one attached hydrogen (secondary N) is 2. The van der Waals surface area contributed by atoms with Crippen molar-refractivity contribution in [2.24, 2.45) is 5.92 Å². The van der Waals surface area contributed by atoms with Crippen LogP contribution in [0.1, 0.15) is 31.7 Å². The van der Waals surface area contributed by atoms with E-state index in [9.17, 15) is 14.4 Å².